The maximum atomic E-state index is 4.41. The van der Waals surface area contributed by atoms with Crippen molar-refractivity contribution in [1.29, 1.82) is 0 Å². The van der Waals surface area contributed by atoms with Gasteiger partial charge in [-0.1, -0.05) is 0 Å². The van der Waals surface area contributed by atoms with Gasteiger partial charge in [0, 0.05) is 12.7 Å². The Bertz CT molecular complexity index is 429. The minimum absolute atomic E-state index is 0.996. The summed E-state index contributed by atoms with van der Waals surface area (Å²) in [6, 6.07) is 4.06. The van der Waals surface area contributed by atoms with Gasteiger partial charge in [-0.3, -0.25) is 4.68 Å². The molecule has 2 aromatic heterocycles. The molecule has 0 N–H and O–H groups in total. The van der Waals surface area contributed by atoms with Crippen LogP contribution in [0.5, 0.6) is 0 Å². The largest absolute Gasteiger partial charge is 0.266 e. The van der Waals surface area contributed by atoms with Crippen LogP contribution in [-0.2, 0) is 7.05 Å². The first-order valence-corrected chi connectivity index (χ1v) is 3.95. The Morgan fingerprint density at radius 1 is 1.25 bits per heavy atom. The first-order valence-electron chi connectivity index (χ1n) is 3.95. The second-order valence-electron chi connectivity index (χ2n) is 3.03. The Labute approximate surface area is 71.0 Å². The van der Waals surface area contributed by atoms with E-state index >= 15 is 0 Å². The van der Waals surface area contributed by atoms with E-state index in [2.05, 4.69) is 16.1 Å². The van der Waals surface area contributed by atoms with Crippen molar-refractivity contribution in [2.45, 2.75) is 13.8 Å². The lowest BCUT2D eigenvalue weighted by molar-refractivity contribution is 0.783. The molecule has 0 bridgehead atoms. The zero-order valence-corrected chi connectivity index (χ0v) is 7.50. The van der Waals surface area contributed by atoms with Gasteiger partial charge in [0.1, 0.15) is 5.52 Å². The molecule has 0 aliphatic rings. The maximum Gasteiger partial charge on any atom is 0.111 e. The number of rotatable bonds is 0. The molecule has 3 heteroatoms. The van der Waals surface area contributed by atoms with Crippen LogP contribution in [-0.4, -0.2) is 14.8 Å². The molecular weight excluding hydrogens is 150 g/mol. The van der Waals surface area contributed by atoms with Crippen LogP contribution in [0.25, 0.3) is 11.0 Å². The van der Waals surface area contributed by atoms with E-state index in [1.54, 1.807) is 0 Å². The van der Waals surface area contributed by atoms with E-state index in [0.717, 1.165) is 22.4 Å². The molecule has 0 unspecified atom stereocenters. The minimum atomic E-state index is 0.996. The molecule has 62 valence electrons. The Morgan fingerprint density at radius 3 is 2.75 bits per heavy atom. The van der Waals surface area contributed by atoms with Gasteiger partial charge in [-0.25, -0.2) is 4.98 Å². The molecule has 2 rings (SSSR count). The zero-order chi connectivity index (χ0) is 8.72. The quantitative estimate of drug-likeness (QED) is 0.587. The van der Waals surface area contributed by atoms with E-state index < -0.39 is 0 Å². The van der Waals surface area contributed by atoms with E-state index in [9.17, 15) is 0 Å². The Hall–Kier alpha value is -1.38. The van der Waals surface area contributed by atoms with E-state index in [-0.39, 0.29) is 0 Å². The first kappa shape index (κ1) is 7.28. The first-order chi connectivity index (χ1) is 5.68. The van der Waals surface area contributed by atoms with Gasteiger partial charge in [0.05, 0.1) is 11.2 Å². The number of hydrogen-bond acceptors (Lipinski definition) is 2. The van der Waals surface area contributed by atoms with Crippen molar-refractivity contribution < 1.29 is 0 Å². The van der Waals surface area contributed by atoms with Crippen LogP contribution < -0.4 is 0 Å². The third kappa shape index (κ3) is 0.897. The molecule has 0 aliphatic heterocycles. The average molecular weight is 161 g/mol. The summed E-state index contributed by atoms with van der Waals surface area (Å²) in [6.07, 6.45) is 0. The van der Waals surface area contributed by atoms with Crippen LogP contribution in [0.15, 0.2) is 12.1 Å². The molecule has 0 spiro atoms. The van der Waals surface area contributed by atoms with Gasteiger partial charge in [0.25, 0.3) is 0 Å². The molecule has 0 saturated carbocycles. The second kappa shape index (κ2) is 2.30. The molecule has 0 atom stereocenters. The molecule has 0 saturated heterocycles. The van der Waals surface area contributed by atoms with Crippen molar-refractivity contribution in [3.05, 3.63) is 23.5 Å². The van der Waals surface area contributed by atoms with Crippen LogP contribution >= 0.6 is 0 Å². The summed E-state index contributed by atoms with van der Waals surface area (Å²) in [5.41, 5.74) is 4.14. The van der Waals surface area contributed by atoms with Crippen molar-refractivity contribution >= 4 is 11.0 Å². The summed E-state index contributed by atoms with van der Waals surface area (Å²) in [5.74, 6) is 0. The van der Waals surface area contributed by atoms with Crippen LogP contribution in [0, 0.1) is 13.8 Å². The molecule has 0 amide bonds. The fourth-order valence-electron chi connectivity index (χ4n) is 1.40. The smallest absolute Gasteiger partial charge is 0.111 e. The summed E-state index contributed by atoms with van der Waals surface area (Å²) in [6.45, 7) is 3.97. The Morgan fingerprint density at radius 2 is 2.00 bits per heavy atom. The third-order valence-corrected chi connectivity index (χ3v) is 2.00. The standard InChI is InChI=1S/C9H11N3/c1-6-4-5-8-9(10-6)7(2)11-12(8)3/h4-5H,1-3H3. The van der Waals surface area contributed by atoms with Gasteiger partial charge in [-0.05, 0) is 26.0 Å². The fraction of sp³-hybridized carbons (Fsp3) is 0.333. The molecular formula is C9H11N3. The molecule has 3 nitrogen and oxygen atoms in total. The van der Waals surface area contributed by atoms with Gasteiger partial charge in [-0.15, -0.1) is 0 Å². The third-order valence-electron chi connectivity index (χ3n) is 2.00. The molecule has 0 aliphatic carbocycles. The fourth-order valence-corrected chi connectivity index (χ4v) is 1.40. The monoisotopic (exact) mass is 161 g/mol. The topological polar surface area (TPSA) is 30.7 Å². The number of aromatic nitrogens is 3. The summed E-state index contributed by atoms with van der Waals surface area (Å²) >= 11 is 0. The van der Waals surface area contributed by atoms with E-state index in [4.69, 9.17) is 0 Å². The van der Waals surface area contributed by atoms with E-state index in [1.165, 1.54) is 0 Å². The Balaban J connectivity index is 2.90. The summed E-state index contributed by atoms with van der Waals surface area (Å²) in [7, 11) is 1.94. The van der Waals surface area contributed by atoms with Crippen LogP contribution in [0.1, 0.15) is 11.4 Å². The summed E-state index contributed by atoms with van der Waals surface area (Å²) in [4.78, 5) is 4.41. The number of pyridine rings is 1. The van der Waals surface area contributed by atoms with Gasteiger partial charge >= 0.3 is 0 Å². The highest BCUT2D eigenvalue weighted by atomic mass is 15.3. The lowest BCUT2D eigenvalue weighted by Crippen LogP contribution is -1.89. The molecule has 2 aromatic rings. The highest BCUT2D eigenvalue weighted by Crippen LogP contribution is 2.14. The molecule has 0 radical (unpaired) electrons. The highest BCUT2D eigenvalue weighted by molar-refractivity contribution is 5.77. The predicted molar refractivity (Wildman–Crippen MR) is 48.0 cm³/mol. The number of aryl methyl sites for hydroxylation is 3. The number of hydrogen-bond donors (Lipinski definition) is 0. The van der Waals surface area contributed by atoms with Crippen LogP contribution in [0.2, 0.25) is 0 Å². The van der Waals surface area contributed by atoms with E-state index in [1.807, 2.05) is 31.6 Å². The van der Waals surface area contributed by atoms with Crippen molar-refractivity contribution in [2.24, 2.45) is 7.05 Å². The molecule has 0 aromatic carbocycles. The lowest BCUT2D eigenvalue weighted by atomic mass is 10.3. The average Bonchev–Trinajstić information content (AvgIpc) is 2.28. The van der Waals surface area contributed by atoms with Crippen LogP contribution in [0.4, 0.5) is 0 Å². The predicted octanol–water partition coefficient (Wildman–Crippen LogP) is 1.59. The molecule has 12 heavy (non-hydrogen) atoms. The zero-order valence-electron chi connectivity index (χ0n) is 7.50. The van der Waals surface area contributed by atoms with Crippen LogP contribution in [0.3, 0.4) is 0 Å². The van der Waals surface area contributed by atoms with E-state index in [0.29, 0.717) is 0 Å². The second-order valence-corrected chi connectivity index (χ2v) is 3.03. The maximum absolute atomic E-state index is 4.41. The number of nitrogens with zero attached hydrogens (tertiary/aromatic N) is 3. The van der Waals surface area contributed by atoms with Crippen molar-refractivity contribution in [3.63, 3.8) is 0 Å². The van der Waals surface area contributed by atoms with Gasteiger partial charge in [0.15, 0.2) is 0 Å². The SMILES string of the molecule is Cc1ccc2c(n1)c(C)nn2C. The van der Waals surface area contributed by atoms with Gasteiger partial charge in [-0.2, -0.15) is 5.10 Å². The number of fused-ring (bicyclic) bond motifs is 1. The highest BCUT2D eigenvalue weighted by Gasteiger charge is 2.04. The van der Waals surface area contributed by atoms with Gasteiger partial charge in [0.2, 0.25) is 0 Å². The molecule has 2 heterocycles. The minimum Gasteiger partial charge on any atom is -0.266 e. The van der Waals surface area contributed by atoms with Crippen molar-refractivity contribution in [3.8, 4) is 0 Å². The lowest BCUT2D eigenvalue weighted by Gasteiger charge is -1.93. The van der Waals surface area contributed by atoms with Crippen molar-refractivity contribution in [1.82, 2.24) is 14.8 Å². The normalized spacial score (nSPS) is 10.9. The molecule has 0 fully saturated rings. The van der Waals surface area contributed by atoms with Crippen molar-refractivity contribution in [2.75, 3.05) is 0 Å². The van der Waals surface area contributed by atoms with Gasteiger partial charge < -0.3 is 0 Å². The summed E-state index contributed by atoms with van der Waals surface area (Å²) < 4.78 is 1.86. The Kier molecular flexibility index (Phi) is 1.40. The summed E-state index contributed by atoms with van der Waals surface area (Å²) in [5, 5.41) is 4.29.